The molecule has 0 fully saturated rings. The molecule has 0 aliphatic carbocycles. The Labute approximate surface area is 192 Å². The van der Waals surface area contributed by atoms with E-state index in [9.17, 15) is 9.59 Å². The summed E-state index contributed by atoms with van der Waals surface area (Å²) in [6.45, 7) is 0. The second-order valence-corrected chi connectivity index (χ2v) is 7.64. The van der Waals surface area contributed by atoms with Gasteiger partial charge in [0.2, 0.25) is 5.91 Å². The van der Waals surface area contributed by atoms with E-state index in [1.165, 1.54) is 0 Å². The van der Waals surface area contributed by atoms with E-state index in [-0.39, 0.29) is 23.7 Å². The maximum atomic E-state index is 12.1. The van der Waals surface area contributed by atoms with E-state index in [2.05, 4.69) is 46.7 Å². The summed E-state index contributed by atoms with van der Waals surface area (Å²) in [4.78, 5) is 24.1. The van der Waals surface area contributed by atoms with Crippen molar-refractivity contribution in [1.29, 1.82) is 0 Å². The molecule has 0 saturated heterocycles. The first-order valence-electron chi connectivity index (χ1n) is 9.05. The van der Waals surface area contributed by atoms with Gasteiger partial charge in [0.25, 0.3) is 0 Å². The molecule has 0 radical (unpaired) electrons. The van der Waals surface area contributed by atoms with Gasteiger partial charge in [0.1, 0.15) is 11.5 Å². The molecule has 2 aromatic carbocycles. The zero-order valence-electron chi connectivity index (χ0n) is 16.3. The fourth-order valence-corrected chi connectivity index (χ4v) is 3.16. The third-order valence-electron chi connectivity index (χ3n) is 3.91. The molecule has 0 aromatic heterocycles. The van der Waals surface area contributed by atoms with E-state index in [0.29, 0.717) is 5.75 Å². The topological polar surface area (TPSA) is 91.5 Å². The van der Waals surface area contributed by atoms with Crippen molar-refractivity contribution in [2.24, 2.45) is 0 Å². The highest BCUT2D eigenvalue weighted by Crippen LogP contribution is 2.17. The van der Waals surface area contributed by atoms with Gasteiger partial charge in [-0.05, 0) is 54.2 Å². The number of nitrogens with one attached hydrogen (secondary N) is 4. The number of amides is 1. The van der Waals surface area contributed by atoms with Gasteiger partial charge in [-0.25, -0.2) is 0 Å². The molecule has 0 aliphatic rings. The minimum absolute atomic E-state index is 0.0861. The average molecular weight is 465 g/mol. The number of thiol groups is 2. The van der Waals surface area contributed by atoms with Gasteiger partial charge in [-0.1, -0.05) is 12.1 Å². The number of carbonyl (C=O) groups excluding carboxylic acids is 2. The third kappa shape index (κ3) is 8.52. The van der Waals surface area contributed by atoms with Crippen LogP contribution in [0.25, 0.3) is 0 Å². The fraction of sp³-hybridized carbons (Fsp3) is 0.250. The Morgan fingerprint density at radius 3 is 2.27 bits per heavy atom. The van der Waals surface area contributed by atoms with E-state index in [1.54, 1.807) is 19.2 Å². The molecule has 4 N–H and O–H groups in total. The molecule has 10 heteroatoms. The lowest BCUT2D eigenvalue weighted by atomic mass is 10.2. The molecular formula is C20H24N4O3S3. The highest BCUT2D eigenvalue weighted by Gasteiger charge is 2.14. The van der Waals surface area contributed by atoms with Crippen LogP contribution in [0.3, 0.4) is 0 Å². The van der Waals surface area contributed by atoms with E-state index in [1.807, 2.05) is 36.4 Å². The summed E-state index contributed by atoms with van der Waals surface area (Å²) in [7, 11) is 1.59. The van der Waals surface area contributed by atoms with Crippen LogP contribution in [0.15, 0.2) is 48.5 Å². The molecule has 0 bridgehead atoms. The lowest BCUT2D eigenvalue weighted by molar-refractivity contribution is -0.128. The molecule has 0 spiro atoms. The van der Waals surface area contributed by atoms with Crippen molar-refractivity contribution in [1.82, 2.24) is 10.9 Å². The first-order chi connectivity index (χ1) is 14.4. The largest absolute Gasteiger partial charge is 0.497 e. The Bertz CT molecular complexity index is 861. The number of anilines is 2. The van der Waals surface area contributed by atoms with E-state index < -0.39 is 11.3 Å². The van der Waals surface area contributed by atoms with Crippen LogP contribution < -0.4 is 26.2 Å². The molecule has 2 rings (SSSR count). The molecule has 0 aliphatic heterocycles. The van der Waals surface area contributed by atoms with Gasteiger partial charge >= 0.3 is 0 Å². The van der Waals surface area contributed by atoms with Crippen LogP contribution in [0, 0.1) is 0 Å². The van der Waals surface area contributed by atoms with Crippen LogP contribution in [-0.4, -0.2) is 29.3 Å². The molecule has 0 heterocycles. The molecule has 1 unspecified atom stereocenters. The van der Waals surface area contributed by atoms with Gasteiger partial charge in [0.15, 0.2) is 5.11 Å². The van der Waals surface area contributed by atoms with Crippen molar-refractivity contribution in [2.75, 3.05) is 17.7 Å². The normalized spacial score (nSPS) is 11.2. The summed E-state index contributed by atoms with van der Waals surface area (Å²) in [5.74, 6) is 0.644. The summed E-state index contributed by atoms with van der Waals surface area (Å²) >= 11 is 13.7. The number of hydrogen-bond donors (Lipinski definition) is 6. The predicted molar refractivity (Wildman–Crippen MR) is 130 cm³/mol. The van der Waals surface area contributed by atoms with Gasteiger partial charge in [-0.15, -0.1) is 0 Å². The van der Waals surface area contributed by atoms with E-state index >= 15 is 0 Å². The van der Waals surface area contributed by atoms with E-state index in [4.69, 9.17) is 17.0 Å². The maximum Gasteiger partial charge on any atom is 0.245 e. The SMILES string of the molecule is COc1ccc(NC(S)CC(=O)CC(=O)NNC(=S)Nc2ccc(CS)cc2)cc1. The van der Waals surface area contributed by atoms with E-state index in [0.717, 1.165) is 22.7 Å². The number of thiocarbonyl (C=S) groups is 1. The average Bonchev–Trinajstić information content (AvgIpc) is 2.73. The number of Topliss-reactive ketones (excluding diaryl/α,β-unsaturated/α-hetero) is 1. The Hall–Kier alpha value is -2.43. The first-order valence-corrected chi connectivity index (χ1v) is 10.6. The molecule has 0 saturated carbocycles. The lowest BCUT2D eigenvalue weighted by Gasteiger charge is -2.15. The maximum absolute atomic E-state index is 12.1. The second kappa shape index (κ2) is 12.3. The second-order valence-electron chi connectivity index (χ2n) is 6.29. The number of methoxy groups -OCH3 is 1. The van der Waals surface area contributed by atoms with Crippen LogP contribution in [0.4, 0.5) is 11.4 Å². The first kappa shape index (κ1) is 23.8. The van der Waals surface area contributed by atoms with Gasteiger partial charge in [0.05, 0.1) is 18.9 Å². The highest BCUT2D eigenvalue weighted by atomic mass is 32.1. The number of ketones is 1. The minimum Gasteiger partial charge on any atom is -0.497 e. The van der Waals surface area contributed by atoms with Crippen LogP contribution in [0.2, 0.25) is 0 Å². The quantitative estimate of drug-likeness (QED) is 0.112. The van der Waals surface area contributed by atoms with Gasteiger partial charge < -0.3 is 15.4 Å². The van der Waals surface area contributed by atoms with Gasteiger partial charge in [0, 0.05) is 23.5 Å². The summed E-state index contributed by atoms with van der Waals surface area (Å²) in [6, 6.07) is 14.8. The number of carbonyl (C=O) groups is 2. The predicted octanol–water partition coefficient (Wildman–Crippen LogP) is 3.16. The fourth-order valence-electron chi connectivity index (χ4n) is 2.42. The van der Waals surface area contributed by atoms with Crippen molar-refractivity contribution in [3.8, 4) is 5.75 Å². The Morgan fingerprint density at radius 2 is 1.67 bits per heavy atom. The lowest BCUT2D eigenvalue weighted by Crippen LogP contribution is -2.44. The minimum atomic E-state index is -0.487. The molecule has 1 amide bonds. The molecular weight excluding hydrogens is 440 g/mol. The van der Waals surface area contributed by atoms with Gasteiger partial charge in [-0.3, -0.25) is 20.4 Å². The van der Waals surface area contributed by atoms with Crippen LogP contribution >= 0.6 is 37.5 Å². The Morgan fingerprint density at radius 1 is 1.03 bits per heavy atom. The smallest absolute Gasteiger partial charge is 0.245 e. The molecule has 30 heavy (non-hydrogen) atoms. The monoisotopic (exact) mass is 464 g/mol. The number of rotatable bonds is 9. The van der Waals surface area contributed by atoms with Crippen molar-refractivity contribution in [3.63, 3.8) is 0 Å². The number of benzene rings is 2. The Balaban J connectivity index is 1.68. The van der Waals surface area contributed by atoms with Crippen molar-refractivity contribution in [3.05, 3.63) is 54.1 Å². The molecule has 7 nitrogen and oxygen atoms in total. The molecule has 2 aromatic rings. The summed E-state index contributed by atoms with van der Waals surface area (Å²) < 4.78 is 5.10. The number of hydrazine groups is 1. The highest BCUT2D eigenvalue weighted by molar-refractivity contribution is 7.81. The van der Waals surface area contributed by atoms with Crippen LogP contribution in [-0.2, 0) is 15.3 Å². The van der Waals surface area contributed by atoms with Crippen molar-refractivity contribution < 1.29 is 14.3 Å². The van der Waals surface area contributed by atoms with Crippen molar-refractivity contribution in [2.45, 2.75) is 24.0 Å². The zero-order chi connectivity index (χ0) is 21.9. The summed E-state index contributed by atoms with van der Waals surface area (Å²) in [6.07, 6.45) is -0.198. The van der Waals surface area contributed by atoms with Crippen LogP contribution in [0.1, 0.15) is 18.4 Å². The standard InChI is InChI=1S/C20H24N4O3S3/c1-27-17-8-6-14(7-9-17)21-19(29)11-16(25)10-18(26)23-24-20(30)22-15-4-2-13(12-28)3-5-15/h2-9,19,21,28-29H,10-12H2,1H3,(H,23,26)(H2,22,24,30). The third-order valence-corrected chi connectivity index (χ3v) is 4.79. The molecule has 1 atom stereocenters. The Kier molecular flexibility index (Phi) is 9.78. The number of ether oxygens (including phenoxy) is 1. The summed E-state index contributed by atoms with van der Waals surface area (Å²) in [5, 5.41) is 5.81. The van der Waals surface area contributed by atoms with Crippen molar-refractivity contribution >= 4 is 65.7 Å². The molecule has 160 valence electrons. The summed E-state index contributed by atoms with van der Waals surface area (Å²) in [5.41, 5.74) is 7.63. The van der Waals surface area contributed by atoms with Crippen LogP contribution in [0.5, 0.6) is 5.75 Å². The number of hydrogen-bond acceptors (Lipinski definition) is 7. The van der Waals surface area contributed by atoms with Gasteiger partial charge in [-0.2, -0.15) is 25.3 Å². The zero-order valence-corrected chi connectivity index (χ0v) is 19.0.